The molecule has 1 aromatic heterocycles. The van der Waals surface area contributed by atoms with Gasteiger partial charge in [0.15, 0.2) is 17.7 Å². The van der Waals surface area contributed by atoms with Crippen LogP contribution in [0.3, 0.4) is 0 Å². The Balaban J connectivity index is 1.32. The number of piperazine rings is 1. The molecule has 2 N–H and O–H groups in total. The summed E-state index contributed by atoms with van der Waals surface area (Å²) in [7, 11) is 0. The molecule has 3 aliphatic heterocycles. The van der Waals surface area contributed by atoms with Gasteiger partial charge >= 0.3 is 6.09 Å². The Morgan fingerprint density at radius 2 is 2.10 bits per heavy atom. The van der Waals surface area contributed by atoms with E-state index in [0.29, 0.717) is 42.8 Å². The van der Waals surface area contributed by atoms with Crippen LogP contribution >= 0.6 is 0 Å². The first kappa shape index (κ1) is 21.0. The summed E-state index contributed by atoms with van der Waals surface area (Å²) in [6.45, 7) is 8.88. The summed E-state index contributed by atoms with van der Waals surface area (Å²) in [5.74, 6) is 14.0. The summed E-state index contributed by atoms with van der Waals surface area (Å²) < 4.78 is 10.4. The first-order valence-electron chi connectivity index (χ1n) is 10.1. The molecule has 162 valence electrons. The van der Waals surface area contributed by atoms with Crippen molar-refractivity contribution in [3.63, 3.8) is 0 Å². The van der Waals surface area contributed by atoms with Gasteiger partial charge < -0.3 is 14.1 Å². The molecule has 1 amide bonds. The molecule has 4 heterocycles. The lowest BCUT2D eigenvalue weighted by atomic mass is 10.2. The molecule has 1 unspecified atom stereocenters. The van der Waals surface area contributed by atoms with E-state index in [1.165, 1.54) is 0 Å². The molecule has 1 fully saturated rings. The second kappa shape index (κ2) is 8.11. The quantitative estimate of drug-likeness (QED) is 0.440. The van der Waals surface area contributed by atoms with Crippen LogP contribution < -0.4 is 5.84 Å². The van der Waals surface area contributed by atoms with Crippen LogP contribution in [0.4, 0.5) is 4.79 Å². The molecule has 0 aromatic carbocycles. The third-order valence-corrected chi connectivity index (χ3v) is 4.77. The number of amides is 1. The first-order chi connectivity index (χ1) is 14.7. The average Bonchev–Trinajstić information content (AvgIpc) is 3.34. The zero-order chi connectivity index (χ0) is 22.1. The molecule has 0 saturated carbocycles. The highest BCUT2D eigenvalue weighted by molar-refractivity contribution is 6.31. The fraction of sp³-hybridized carbons (Fsp3) is 0.429. The number of nitrogens with zero attached hydrogens (tertiary/aromatic N) is 6. The predicted molar refractivity (Wildman–Crippen MR) is 116 cm³/mol. The van der Waals surface area contributed by atoms with Crippen LogP contribution in [0.15, 0.2) is 49.8 Å². The molecule has 1 atom stereocenters. The lowest BCUT2D eigenvalue weighted by Gasteiger charge is -2.34. The van der Waals surface area contributed by atoms with Gasteiger partial charge in [-0.05, 0) is 48.6 Å². The molecule has 10 nitrogen and oxygen atoms in total. The van der Waals surface area contributed by atoms with Crippen LogP contribution in [0.2, 0.25) is 0 Å². The minimum Gasteiger partial charge on any atom is -0.461 e. The Labute approximate surface area is 180 Å². The van der Waals surface area contributed by atoms with E-state index in [1.807, 2.05) is 20.8 Å². The number of quaternary nitrogens is 1. The number of carbonyl (C=O) groups excluding carboxylic acids is 1. The SMILES string of the molecule is CC(C)(C)OC(=O)N1CCN(CC#CC2=C[N+]3(N)N=C(c4ccco4)N=C3C=N2)CC1. The van der Waals surface area contributed by atoms with Crippen molar-refractivity contribution in [3.05, 3.63) is 36.1 Å². The first-order valence-corrected chi connectivity index (χ1v) is 10.1. The van der Waals surface area contributed by atoms with Crippen LogP contribution in [-0.2, 0) is 4.74 Å². The maximum Gasteiger partial charge on any atom is 0.410 e. The largest absolute Gasteiger partial charge is 0.461 e. The smallest absolute Gasteiger partial charge is 0.410 e. The summed E-state index contributed by atoms with van der Waals surface area (Å²) in [5, 5.41) is 4.42. The summed E-state index contributed by atoms with van der Waals surface area (Å²) in [6, 6.07) is 3.54. The summed E-state index contributed by atoms with van der Waals surface area (Å²) >= 11 is 0. The Morgan fingerprint density at radius 1 is 1.32 bits per heavy atom. The lowest BCUT2D eigenvalue weighted by molar-refractivity contribution is -0.803. The normalized spacial score (nSPS) is 23.4. The number of allylic oxidation sites excluding steroid dienone is 1. The highest BCUT2D eigenvalue weighted by atomic mass is 16.6. The lowest BCUT2D eigenvalue weighted by Crippen LogP contribution is -2.50. The van der Waals surface area contributed by atoms with Crippen LogP contribution in [0.1, 0.15) is 26.5 Å². The fourth-order valence-corrected chi connectivity index (χ4v) is 3.21. The van der Waals surface area contributed by atoms with Gasteiger partial charge in [-0.25, -0.2) is 9.79 Å². The standard InChI is InChI=1S/C21H26N7O3/c1-21(2,3)31-20(29)27-11-9-26(10-12-27)8-4-6-16-15-28(22)18(14-23-16)24-19(25-28)17-7-5-13-30-17/h5,7,13-15H,8-12,22H2,1-3H3/q+1. The topological polar surface area (TPSA) is 109 Å². The van der Waals surface area contributed by atoms with E-state index in [9.17, 15) is 4.79 Å². The van der Waals surface area contributed by atoms with Crippen LogP contribution in [0, 0.1) is 11.8 Å². The number of aliphatic imine (C=N–C) groups is 2. The molecule has 31 heavy (non-hydrogen) atoms. The highest BCUT2D eigenvalue weighted by Crippen LogP contribution is 2.21. The Kier molecular flexibility index (Phi) is 5.49. The number of hydrogen-bond acceptors (Lipinski definition) is 8. The minimum atomic E-state index is -0.487. The molecule has 0 bridgehead atoms. The van der Waals surface area contributed by atoms with Gasteiger partial charge in [0.05, 0.1) is 12.8 Å². The van der Waals surface area contributed by atoms with Crippen molar-refractivity contribution in [2.24, 2.45) is 20.9 Å². The number of furan rings is 1. The van der Waals surface area contributed by atoms with Crippen molar-refractivity contribution in [1.82, 2.24) is 9.80 Å². The summed E-state index contributed by atoms with van der Waals surface area (Å²) in [4.78, 5) is 24.8. The molecule has 0 radical (unpaired) electrons. The number of carbonyl (C=O) groups is 1. The molecule has 4 rings (SSSR count). The van der Waals surface area contributed by atoms with Gasteiger partial charge in [0.2, 0.25) is 0 Å². The molecular weight excluding hydrogens is 398 g/mol. The second-order valence-corrected chi connectivity index (χ2v) is 8.43. The number of amidine groups is 2. The summed E-state index contributed by atoms with van der Waals surface area (Å²) in [6.07, 6.45) is 4.52. The third kappa shape index (κ3) is 4.91. The van der Waals surface area contributed by atoms with Gasteiger partial charge in [0, 0.05) is 26.2 Å². The molecule has 0 spiro atoms. The van der Waals surface area contributed by atoms with Gasteiger partial charge in [0.1, 0.15) is 11.8 Å². The fourth-order valence-electron chi connectivity index (χ4n) is 3.21. The van der Waals surface area contributed by atoms with E-state index in [2.05, 4.69) is 31.8 Å². The second-order valence-electron chi connectivity index (χ2n) is 8.43. The Morgan fingerprint density at radius 3 is 2.77 bits per heavy atom. The molecule has 0 aliphatic carbocycles. The maximum atomic E-state index is 12.2. The van der Waals surface area contributed by atoms with E-state index in [1.54, 1.807) is 35.7 Å². The predicted octanol–water partition coefficient (Wildman–Crippen LogP) is 1.53. The third-order valence-electron chi connectivity index (χ3n) is 4.77. The van der Waals surface area contributed by atoms with E-state index < -0.39 is 5.60 Å². The zero-order valence-corrected chi connectivity index (χ0v) is 17.9. The van der Waals surface area contributed by atoms with Crippen molar-refractivity contribution < 1.29 is 18.6 Å². The van der Waals surface area contributed by atoms with Crippen molar-refractivity contribution >= 4 is 24.0 Å². The van der Waals surface area contributed by atoms with Crippen molar-refractivity contribution in [2.75, 3.05) is 32.7 Å². The Hall–Kier alpha value is -3.26. The average molecular weight is 424 g/mol. The van der Waals surface area contributed by atoms with Crippen LogP contribution in [0.5, 0.6) is 0 Å². The van der Waals surface area contributed by atoms with Crippen molar-refractivity contribution in [2.45, 2.75) is 26.4 Å². The molecular formula is C21H26N7O3+. The van der Waals surface area contributed by atoms with Crippen molar-refractivity contribution in [3.8, 4) is 11.8 Å². The molecule has 1 saturated heterocycles. The van der Waals surface area contributed by atoms with Gasteiger partial charge in [0.25, 0.3) is 11.7 Å². The van der Waals surface area contributed by atoms with Gasteiger partial charge in [-0.15, -0.1) is 5.84 Å². The zero-order valence-electron chi connectivity index (χ0n) is 17.9. The highest BCUT2D eigenvalue weighted by Gasteiger charge is 2.39. The number of nitrogens with two attached hydrogens (primary N) is 1. The van der Waals surface area contributed by atoms with E-state index >= 15 is 0 Å². The Bertz CT molecular complexity index is 1030. The van der Waals surface area contributed by atoms with Gasteiger partial charge in [-0.2, -0.15) is 4.99 Å². The summed E-state index contributed by atoms with van der Waals surface area (Å²) in [5.41, 5.74) is 0.0395. The van der Waals surface area contributed by atoms with E-state index in [-0.39, 0.29) is 10.8 Å². The minimum absolute atomic E-state index is 0.269. The van der Waals surface area contributed by atoms with Crippen molar-refractivity contribution in [1.29, 1.82) is 0 Å². The van der Waals surface area contributed by atoms with Gasteiger partial charge in [-0.1, -0.05) is 5.92 Å². The number of ether oxygens (including phenoxy) is 1. The molecule has 1 aromatic rings. The van der Waals surface area contributed by atoms with Crippen LogP contribution in [-0.4, -0.2) is 76.8 Å². The number of rotatable bonds is 2. The monoisotopic (exact) mass is 424 g/mol. The number of hydrogen-bond donors (Lipinski definition) is 1. The molecule has 10 heteroatoms. The maximum absolute atomic E-state index is 12.2. The number of fused-ring (bicyclic) bond motifs is 1. The van der Waals surface area contributed by atoms with Gasteiger partial charge in [-0.3, -0.25) is 4.90 Å². The molecule has 3 aliphatic rings. The van der Waals surface area contributed by atoms with E-state index in [0.717, 1.165) is 13.1 Å². The van der Waals surface area contributed by atoms with E-state index in [4.69, 9.17) is 15.0 Å². The van der Waals surface area contributed by atoms with Crippen LogP contribution in [0.25, 0.3) is 0 Å².